The van der Waals surface area contributed by atoms with Crippen LogP contribution in [0.1, 0.15) is 27.0 Å². The highest BCUT2D eigenvalue weighted by molar-refractivity contribution is 5.94. The van der Waals surface area contributed by atoms with E-state index in [9.17, 15) is 18.0 Å². The molecule has 0 atom stereocenters. The lowest BCUT2D eigenvalue weighted by atomic mass is 10.1. The summed E-state index contributed by atoms with van der Waals surface area (Å²) in [5, 5.41) is 2.68. The lowest BCUT2D eigenvalue weighted by molar-refractivity contribution is -0.153. The van der Waals surface area contributed by atoms with Crippen molar-refractivity contribution in [1.29, 1.82) is 0 Å². The van der Waals surface area contributed by atoms with Gasteiger partial charge in [0.1, 0.15) is 5.75 Å². The summed E-state index contributed by atoms with van der Waals surface area (Å²) in [6.07, 6.45) is -4.42. The molecule has 0 aliphatic rings. The minimum Gasteiger partial charge on any atom is -0.484 e. The van der Waals surface area contributed by atoms with Crippen LogP contribution in [0.2, 0.25) is 0 Å². The summed E-state index contributed by atoms with van der Waals surface area (Å²) in [7, 11) is 0. The molecule has 1 amide bonds. The molecular formula is C18H20ClF3N2O2. The maximum absolute atomic E-state index is 12.4. The number of nitrogens with one attached hydrogen (secondary N) is 1. The van der Waals surface area contributed by atoms with Gasteiger partial charge in [-0.3, -0.25) is 4.79 Å². The highest BCUT2D eigenvalue weighted by atomic mass is 35.5. The number of ether oxygens (including phenoxy) is 1. The summed E-state index contributed by atoms with van der Waals surface area (Å²) in [5.74, 6) is -0.220. The van der Waals surface area contributed by atoms with E-state index in [0.717, 1.165) is 11.1 Å². The number of hydrogen-bond acceptors (Lipinski definition) is 3. The fraction of sp³-hybridized carbons (Fsp3) is 0.278. The first-order chi connectivity index (χ1) is 11.8. The van der Waals surface area contributed by atoms with Gasteiger partial charge in [0.05, 0.1) is 0 Å². The molecule has 142 valence electrons. The van der Waals surface area contributed by atoms with Crippen LogP contribution in [0.4, 0.5) is 13.2 Å². The van der Waals surface area contributed by atoms with Gasteiger partial charge >= 0.3 is 6.18 Å². The van der Waals surface area contributed by atoms with Gasteiger partial charge in [0.15, 0.2) is 6.61 Å². The van der Waals surface area contributed by atoms with Crippen molar-refractivity contribution >= 4 is 18.3 Å². The third-order valence-electron chi connectivity index (χ3n) is 3.51. The van der Waals surface area contributed by atoms with Crippen LogP contribution in [0.15, 0.2) is 42.5 Å². The zero-order chi connectivity index (χ0) is 18.4. The van der Waals surface area contributed by atoms with Crippen molar-refractivity contribution < 1.29 is 22.7 Å². The summed E-state index contributed by atoms with van der Waals surface area (Å²) in [5.41, 5.74) is 8.09. The number of amides is 1. The fourth-order valence-corrected chi connectivity index (χ4v) is 2.17. The van der Waals surface area contributed by atoms with Crippen molar-refractivity contribution in [1.82, 2.24) is 5.32 Å². The van der Waals surface area contributed by atoms with E-state index < -0.39 is 12.8 Å². The molecule has 0 fully saturated rings. The smallest absolute Gasteiger partial charge is 0.422 e. The topological polar surface area (TPSA) is 64.4 Å². The molecule has 0 aliphatic carbocycles. The standard InChI is InChI=1S/C18H19F3N2O2.ClH/c1-12-2-5-15(16(8-12)25-11-18(19,20)21)10-23-17(24)14-6-3-13(9-22)4-7-14;/h2-8H,9-11,22H2,1H3,(H,23,24);1H. The number of aryl methyl sites for hydroxylation is 1. The molecule has 4 nitrogen and oxygen atoms in total. The van der Waals surface area contributed by atoms with E-state index in [2.05, 4.69) is 5.32 Å². The van der Waals surface area contributed by atoms with E-state index >= 15 is 0 Å². The predicted octanol–water partition coefficient (Wildman–Crippen LogP) is 3.75. The molecule has 0 aromatic heterocycles. The zero-order valence-corrected chi connectivity index (χ0v) is 14.9. The normalized spacial score (nSPS) is 10.8. The molecule has 2 aromatic carbocycles. The number of nitrogens with two attached hydrogens (primary N) is 1. The molecule has 0 spiro atoms. The van der Waals surface area contributed by atoms with Gasteiger partial charge in [0, 0.05) is 24.2 Å². The molecule has 26 heavy (non-hydrogen) atoms. The van der Waals surface area contributed by atoms with Crippen molar-refractivity contribution in [2.45, 2.75) is 26.2 Å². The van der Waals surface area contributed by atoms with Crippen molar-refractivity contribution in [3.8, 4) is 5.75 Å². The predicted molar refractivity (Wildman–Crippen MR) is 95.5 cm³/mol. The Bertz CT molecular complexity index is 734. The molecule has 2 aromatic rings. The molecule has 2 rings (SSSR count). The Hall–Kier alpha value is -2.25. The maximum Gasteiger partial charge on any atom is 0.422 e. The van der Waals surface area contributed by atoms with Gasteiger partial charge < -0.3 is 15.8 Å². The van der Waals surface area contributed by atoms with E-state index in [1.165, 1.54) is 6.07 Å². The number of alkyl halides is 3. The highest BCUT2D eigenvalue weighted by Crippen LogP contribution is 2.23. The number of carbonyl (C=O) groups is 1. The molecular weight excluding hydrogens is 369 g/mol. The highest BCUT2D eigenvalue weighted by Gasteiger charge is 2.28. The van der Waals surface area contributed by atoms with Crippen molar-refractivity contribution in [3.63, 3.8) is 0 Å². The van der Waals surface area contributed by atoms with Crippen LogP contribution in [-0.4, -0.2) is 18.7 Å². The Morgan fingerprint density at radius 3 is 2.38 bits per heavy atom. The monoisotopic (exact) mass is 388 g/mol. The third-order valence-corrected chi connectivity index (χ3v) is 3.51. The number of carbonyl (C=O) groups excluding carboxylic acids is 1. The summed E-state index contributed by atoms with van der Waals surface area (Å²) in [4.78, 5) is 12.1. The van der Waals surface area contributed by atoms with Gasteiger partial charge in [0.25, 0.3) is 5.91 Å². The number of halogens is 4. The molecule has 0 bridgehead atoms. The van der Waals surface area contributed by atoms with Crippen molar-refractivity contribution in [2.75, 3.05) is 6.61 Å². The zero-order valence-electron chi connectivity index (χ0n) is 14.1. The molecule has 0 heterocycles. The van der Waals surface area contributed by atoms with E-state index in [1.807, 2.05) is 0 Å². The number of rotatable bonds is 6. The van der Waals surface area contributed by atoms with E-state index in [-0.39, 0.29) is 30.6 Å². The lowest BCUT2D eigenvalue weighted by Gasteiger charge is -2.14. The van der Waals surface area contributed by atoms with E-state index in [1.54, 1.807) is 43.3 Å². The molecule has 0 saturated heterocycles. The second kappa shape index (κ2) is 9.45. The Labute approximate surface area is 155 Å². The first kappa shape index (κ1) is 21.8. The van der Waals surface area contributed by atoms with E-state index in [0.29, 0.717) is 17.7 Å². The average molecular weight is 389 g/mol. The number of hydrogen-bond donors (Lipinski definition) is 2. The first-order valence-corrected chi connectivity index (χ1v) is 7.65. The minimum atomic E-state index is -4.42. The summed E-state index contributed by atoms with van der Waals surface area (Å²) in [6, 6.07) is 11.7. The summed E-state index contributed by atoms with van der Waals surface area (Å²) < 4.78 is 42.0. The Morgan fingerprint density at radius 1 is 1.15 bits per heavy atom. The van der Waals surface area contributed by atoms with Crippen molar-refractivity contribution in [3.05, 3.63) is 64.7 Å². The molecule has 0 radical (unpaired) electrons. The van der Waals surface area contributed by atoms with Gasteiger partial charge in [-0.15, -0.1) is 12.4 Å². The number of benzene rings is 2. The Morgan fingerprint density at radius 2 is 1.81 bits per heavy atom. The lowest BCUT2D eigenvalue weighted by Crippen LogP contribution is -2.24. The van der Waals surface area contributed by atoms with Crippen molar-refractivity contribution in [2.24, 2.45) is 5.73 Å². The maximum atomic E-state index is 12.4. The Kier molecular flexibility index (Phi) is 7.92. The molecule has 0 unspecified atom stereocenters. The molecule has 3 N–H and O–H groups in total. The summed E-state index contributed by atoms with van der Waals surface area (Å²) in [6.45, 7) is 0.815. The van der Waals surface area contributed by atoms with Crippen LogP contribution < -0.4 is 15.8 Å². The Balaban J connectivity index is 0.00000338. The van der Waals surface area contributed by atoms with Crippen LogP contribution in [-0.2, 0) is 13.1 Å². The van der Waals surface area contributed by atoms with Gasteiger partial charge in [-0.05, 0) is 36.2 Å². The van der Waals surface area contributed by atoms with Crippen LogP contribution in [0.3, 0.4) is 0 Å². The van der Waals surface area contributed by atoms with Crippen LogP contribution in [0, 0.1) is 6.92 Å². The molecule has 0 saturated carbocycles. The van der Waals surface area contributed by atoms with Gasteiger partial charge in [-0.25, -0.2) is 0 Å². The molecule has 0 aliphatic heterocycles. The summed E-state index contributed by atoms with van der Waals surface area (Å²) >= 11 is 0. The molecule has 8 heteroatoms. The SMILES string of the molecule is Cc1ccc(CNC(=O)c2ccc(CN)cc2)c(OCC(F)(F)F)c1.Cl. The van der Waals surface area contributed by atoms with Gasteiger partial charge in [-0.2, -0.15) is 13.2 Å². The fourth-order valence-electron chi connectivity index (χ4n) is 2.17. The van der Waals surface area contributed by atoms with Gasteiger partial charge in [-0.1, -0.05) is 24.3 Å². The minimum absolute atomic E-state index is 0. The average Bonchev–Trinajstić information content (AvgIpc) is 2.58. The largest absolute Gasteiger partial charge is 0.484 e. The second-order valence-electron chi connectivity index (χ2n) is 5.60. The van der Waals surface area contributed by atoms with Crippen LogP contribution in [0.25, 0.3) is 0 Å². The van der Waals surface area contributed by atoms with Crippen LogP contribution in [0.5, 0.6) is 5.75 Å². The quantitative estimate of drug-likeness (QED) is 0.792. The van der Waals surface area contributed by atoms with E-state index in [4.69, 9.17) is 10.5 Å². The van der Waals surface area contributed by atoms with Crippen LogP contribution >= 0.6 is 12.4 Å². The first-order valence-electron chi connectivity index (χ1n) is 7.65. The third kappa shape index (κ3) is 6.57. The second-order valence-corrected chi connectivity index (χ2v) is 5.60. The van der Waals surface area contributed by atoms with Gasteiger partial charge in [0.2, 0.25) is 0 Å².